The van der Waals surface area contributed by atoms with Gasteiger partial charge in [0.15, 0.2) is 6.61 Å². The highest BCUT2D eigenvalue weighted by molar-refractivity contribution is 5.79. The van der Waals surface area contributed by atoms with E-state index in [0.717, 1.165) is 36.6 Å². The van der Waals surface area contributed by atoms with Gasteiger partial charge in [-0.05, 0) is 42.7 Å². The van der Waals surface area contributed by atoms with Gasteiger partial charge in [-0.1, -0.05) is 25.3 Å². The van der Waals surface area contributed by atoms with Crippen molar-refractivity contribution in [3.63, 3.8) is 0 Å². The van der Waals surface area contributed by atoms with Gasteiger partial charge in [-0.3, -0.25) is 9.78 Å². The number of carbonyl (C=O) groups is 1. The Bertz CT molecular complexity index is 1030. The molecule has 0 aliphatic heterocycles. The van der Waals surface area contributed by atoms with E-state index in [1.54, 1.807) is 30.6 Å². The summed E-state index contributed by atoms with van der Waals surface area (Å²) in [5.41, 5.74) is 1.05. The second-order valence-corrected chi connectivity index (χ2v) is 7.42. The van der Waals surface area contributed by atoms with E-state index in [4.69, 9.17) is 9.15 Å². The Morgan fingerprint density at radius 1 is 1.14 bits per heavy atom. The first-order valence-corrected chi connectivity index (χ1v) is 10.0. The Hall–Kier alpha value is -3.15. The third-order valence-corrected chi connectivity index (χ3v) is 5.37. The van der Waals surface area contributed by atoms with Gasteiger partial charge in [0.2, 0.25) is 0 Å². The fraction of sp³-hybridized carbons (Fsp3) is 0.348. The van der Waals surface area contributed by atoms with Crippen LogP contribution in [0.2, 0.25) is 0 Å². The molecule has 2 aromatic heterocycles. The zero-order valence-electron chi connectivity index (χ0n) is 16.3. The lowest BCUT2D eigenvalue weighted by Crippen LogP contribution is -2.43. The SMILES string of the molecule is O=C(COc1ccc2ccc(=O)oc2c1)N(Cc1cccnc1)C1CCCCC1. The van der Waals surface area contributed by atoms with Crippen molar-refractivity contribution in [1.29, 1.82) is 0 Å². The first-order valence-electron chi connectivity index (χ1n) is 10.0. The predicted molar refractivity (Wildman–Crippen MR) is 110 cm³/mol. The molecular formula is C23H24N2O4. The van der Waals surface area contributed by atoms with Crippen LogP contribution in [0, 0.1) is 0 Å². The van der Waals surface area contributed by atoms with Gasteiger partial charge in [0.25, 0.3) is 5.91 Å². The molecule has 1 fully saturated rings. The molecule has 2 heterocycles. The van der Waals surface area contributed by atoms with Crippen LogP contribution in [0.15, 0.2) is 64.1 Å². The molecule has 0 spiro atoms. The largest absolute Gasteiger partial charge is 0.484 e. The molecule has 0 N–H and O–H groups in total. The van der Waals surface area contributed by atoms with Crippen LogP contribution in [0.25, 0.3) is 11.0 Å². The number of benzene rings is 1. The highest BCUT2D eigenvalue weighted by Gasteiger charge is 2.26. The van der Waals surface area contributed by atoms with E-state index in [1.165, 1.54) is 12.5 Å². The fourth-order valence-corrected chi connectivity index (χ4v) is 3.86. The normalized spacial score (nSPS) is 14.6. The molecule has 0 bridgehead atoms. The molecule has 1 aromatic carbocycles. The van der Waals surface area contributed by atoms with Crippen molar-refractivity contribution in [2.75, 3.05) is 6.61 Å². The average Bonchev–Trinajstić information content (AvgIpc) is 2.77. The Kier molecular flexibility index (Phi) is 5.89. The average molecular weight is 392 g/mol. The summed E-state index contributed by atoms with van der Waals surface area (Å²) < 4.78 is 10.9. The molecule has 0 unspecified atom stereocenters. The van der Waals surface area contributed by atoms with Gasteiger partial charge in [0.1, 0.15) is 11.3 Å². The molecule has 6 heteroatoms. The highest BCUT2D eigenvalue weighted by Crippen LogP contribution is 2.25. The number of ether oxygens (including phenoxy) is 1. The quantitative estimate of drug-likeness (QED) is 0.595. The zero-order chi connectivity index (χ0) is 20.1. The number of carbonyl (C=O) groups excluding carboxylic acids is 1. The molecule has 6 nitrogen and oxygen atoms in total. The van der Waals surface area contributed by atoms with Gasteiger partial charge in [-0.25, -0.2) is 4.79 Å². The van der Waals surface area contributed by atoms with Gasteiger partial charge < -0.3 is 14.1 Å². The second kappa shape index (κ2) is 8.90. The fourth-order valence-electron chi connectivity index (χ4n) is 3.86. The number of amides is 1. The molecule has 1 amide bonds. The summed E-state index contributed by atoms with van der Waals surface area (Å²) in [6.07, 6.45) is 9.09. The van der Waals surface area contributed by atoms with Gasteiger partial charge in [0.05, 0.1) is 0 Å². The summed E-state index contributed by atoms with van der Waals surface area (Å²) in [6, 6.07) is 12.4. The third-order valence-electron chi connectivity index (χ3n) is 5.37. The van der Waals surface area contributed by atoms with Crippen LogP contribution in [0.3, 0.4) is 0 Å². The lowest BCUT2D eigenvalue weighted by molar-refractivity contribution is -0.137. The number of pyridine rings is 1. The van der Waals surface area contributed by atoms with Crippen LogP contribution >= 0.6 is 0 Å². The van der Waals surface area contributed by atoms with Crippen molar-refractivity contribution in [3.8, 4) is 5.75 Å². The lowest BCUT2D eigenvalue weighted by Gasteiger charge is -2.34. The van der Waals surface area contributed by atoms with E-state index in [0.29, 0.717) is 17.9 Å². The topological polar surface area (TPSA) is 72.6 Å². The maximum absolute atomic E-state index is 13.0. The van der Waals surface area contributed by atoms with Crippen LogP contribution in [0.5, 0.6) is 5.75 Å². The van der Waals surface area contributed by atoms with Crippen LogP contribution < -0.4 is 10.4 Å². The van der Waals surface area contributed by atoms with Crippen molar-refractivity contribution >= 4 is 16.9 Å². The Balaban J connectivity index is 1.47. The van der Waals surface area contributed by atoms with Crippen molar-refractivity contribution in [3.05, 3.63) is 70.8 Å². The minimum Gasteiger partial charge on any atom is -0.484 e. The van der Waals surface area contributed by atoms with Crippen molar-refractivity contribution in [2.45, 2.75) is 44.7 Å². The Labute approximate surface area is 169 Å². The molecule has 3 aromatic rings. The minimum atomic E-state index is -0.411. The van der Waals surface area contributed by atoms with Gasteiger partial charge in [0, 0.05) is 42.5 Å². The smallest absolute Gasteiger partial charge is 0.336 e. The van der Waals surface area contributed by atoms with Crippen molar-refractivity contribution in [2.24, 2.45) is 0 Å². The highest BCUT2D eigenvalue weighted by atomic mass is 16.5. The Morgan fingerprint density at radius 2 is 1.97 bits per heavy atom. The lowest BCUT2D eigenvalue weighted by atomic mass is 9.94. The molecule has 0 radical (unpaired) electrons. The number of aromatic nitrogens is 1. The summed E-state index contributed by atoms with van der Waals surface area (Å²) in [6.45, 7) is 0.479. The number of fused-ring (bicyclic) bond motifs is 1. The molecule has 1 saturated carbocycles. The number of nitrogens with zero attached hydrogens (tertiary/aromatic N) is 2. The second-order valence-electron chi connectivity index (χ2n) is 7.42. The summed E-state index contributed by atoms with van der Waals surface area (Å²) >= 11 is 0. The molecule has 150 valence electrons. The van der Waals surface area contributed by atoms with E-state index in [2.05, 4.69) is 4.98 Å². The molecule has 1 aliphatic carbocycles. The molecule has 29 heavy (non-hydrogen) atoms. The first kappa shape index (κ1) is 19.2. The maximum Gasteiger partial charge on any atom is 0.336 e. The van der Waals surface area contributed by atoms with Crippen LogP contribution in [0.4, 0.5) is 0 Å². The number of hydrogen-bond donors (Lipinski definition) is 0. The summed E-state index contributed by atoms with van der Waals surface area (Å²) in [5, 5.41) is 0.809. The number of hydrogen-bond acceptors (Lipinski definition) is 5. The Morgan fingerprint density at radius 3 is 2.76 bits per heavy atom. The summed E-state index contributed by atoms with van der Waals surface area (Å²) in [5.74, 6) is 0.459. The molecular weight excluding hydrogens is 368 g/mol. The van der Waals surface area contributed by atoms with E-state index in [1.807, 2.05) is 23.1 Å². The van der Waals surface area contributed by atoms with Crippen molar-refractivity contribution in [1.82, 2.24) is 9.88 Å². The van der Waals surface area contributed by atoms with E-state index >= 15 is 0 Å². The van der Waals surface area contributed by atoms with Crippen LogP contribution in [-0.4, -0.2) is 28.4 Å². The van der Waals surface area contributed by atoms with Gasteiger partial charge >= 0.3 is 5.63 Å². The van der Waals surface area contributed by atoms with Crippen molar-refractivity contribution < 1.29 is 13.9 Å². The molecule has 4 rings (SSSR count). The standard InChI is InChI=1S/C23H24N2O4/c26-22(16-28-20-10-8-18-9-11-23(27)29-21(18)13-20)25(19-6-2-1-3-7-19)15-17-5-4-12-24-14-17/h4-5,8-14,19H,1-3,6-7,15-16H2. The number of rotatable bonds is 6. The van der Waals surface area contributed by atoms with E-state index in [9.17, 15) is 9.59 Å². The summed E-state index contributed by atoms with van der Waals surface area (Å²) in [7, 11) is 0. The zero-order valence-corrected chi connectivity index (χ0v) is 16.3. The molecule has 0 atom stereocenters. The maximum atomic E-state index is 13.0. The van der Waals surface area contributed by atoms with E-state index in [-0.39, 0.29) is 18.6 Å². The van der Waals surface area contributed by atoms with Crippen LogP contribution in [0.1, 0.15) is 37.7 Å². The minimum absolute atomic E-state index is 0.0460. The molecule has 1 aliphatic rings. The predicted octanol–water partition coefficient (Wildman–Crippen LogP) is 3.93. The van der Waals surface area contributed by atoms with E-state index < -0.39 is 5.63 Å². The molecule has 0 saturated heterocycles. The first-order chi connectivity index (χ1) is 14.2. The third kappa shape index (κ3) is 4.83. The van der Waals surface area contributed by atoms with Gasteiger partial charge in [-0.2, -0.15) is 0 Å². The van der Waals surface area contributed by atoms with Crippen LogP contribution in [-0.2, 0) is 11.3 Å². The summed E-state index contributed by atoms with van der Waals surface area (Å²) in [4.78, 5) is 30.6. The monoisotopic (exact) mass is 392 g/mol. The van der Waals surface area contributed by atoms with Gasteiger partial charge in [-0.15, -0.1) is 0 Å².